The van der Waals surface area contributed by atoms with Crippen molar-refractivity contribution in [3.05, 3.63) is 75.3 Å². The monoisotopic (exact) mass is 430 g/mol. The second-order valence-electron chi connectivity index (χ2n) is 7.91. The van der Waals surface area contributed by atoms with Gasteiger partial charge in [-0.25, -0.2) is 9.37 Å². The van der Waals surface area contributed by atoms with Gasteiger partial charge in [-0.3, -0.25) is 4.90 Å². The van der Waals surface area contributed by atoms with E-state index in [1.807, 2.05) is 23.6 Å². The largest absolute Gasteiger partial charge is 0.396 e. The van der Waals surface area contributed by atoms with Crippen LogP contribution >= 0.6 is 22.9 Å². The van der Waals surface area contributed by atoms with Crippen LogP contribution in [0.1, 0.15) is 23.4 Å². The Morgan fingerprint density at radius 1 is 1.21 bits per heavy atom. The van der Waals surface area contributed by atoms with Crippen LogP contribution in [0.25, 0.3) is 11.3 Å². The Morgan fingerprint density at radius 3 is 2.79 bits per heavy atom. The molecule has 0 spiro atoms. The molecule has 4 rings (SSSR count). The fraction of sp³-hybridized carbons (Fsp3) is 0.348. The second-order valence-corrected chi connectivity index (χ2v) is 9.29. The van der Waals surface area contributed by atoms with Gasteiger partial charge in [0.2, 0.25) is 0 Å². The molecule has 0 bridgehead atoms. The Hall–Kier alpha value is -1.79. The van der Waals surface area contributed by atoms with E-state index in [1.54, 1.807) is 23.5 Å². The average Bonchev–Trinajstić information content (AvgIpc) is 3.17. The van der Waals surface area contributed by atoms with E-state index >= 15 is 0 Å². The van der Waals surface area contributed by atoms with Gasteiger partial charge in [0.25, 0.3) is 0 Å². The molecule has 1 aliphatic rings. The van der Waals surface area contributed by atoms with E-state index in [1.165, 1.54) is 17.7 Å². The minimum Gasteiger partial charge on any atom is -0.396 e. The second kappa shape index (κ2) is 8.92. The van der Waals surface area contributed by atoms with E-state index in [0.717, 1.165) is 60.2 Å². The highest BCUT2D eigenvalue weighted by Gasteiger charge is 2.35. The number of aliphatic hydroxyl groups excluding tert-OH is 1. The number of benzene rings is 2. The molecule has 0 aliphatic carbocycles. The van der Waals surface area contributed by atoms with Crippen molar-refractivity contribution >= 4 is 22.9 Å². The maximum absolute atomic E-state index is 13.1. The number of likely N-dealkylation sites (tertiary alicyclic amines) is 1. The van der Waals surface area contributed by atoms with Gasteiger partial charge in [0.15, 0.2) is 0 Å². The Bertz CT molecular complexity index is 962. The highest BCUT2D eigenvalue weighted by Crippen LogP contribution is 2.35. The van der Waals surface area contributed by atoms with Gasteiger partial charge in [0.05, 0.1) is 18.8 Å². The molecule has 0 unspecified atom stereocenters. The number of halogens is 2. The van der Waals surface area contributed by atoms with Crippen molar-refractivity contribution in [2.75, 3.05) is 19.7 Å². The number of hydrogen-bond acceptors (Lipinski definition) is 4. The zero-order valence-electron chi connectivity index (χ0n) is 16.2. The number of rotatable bonds is 6. The number of aromatic nitrogens is 1. The lowest BCUT2D eigenvalue weighted by Gasteiger charge is -2.41. The molecule has 29 heavy (non-hydrogen) atoms. The van der Waals surface area contributed by atoms with Crippen LogP contribution in [-0.4, -0.2) is 34.7 Å². The molecule has 1 atom stereocenters. The summed E-state index contributed by atoms with van der Waals surface area (Å²) < 4.78 is 13.1. The zero-order chi connectivity index (χ0) is 20.3. The quantitative estimate of drug-likeness (QED) is 0.567. The van der Waals surface area contributed by atoms with Crippen molar-refractivity contribution in [1.29, 1.82) is 0 Å². The molecule has 1 aliphatic heterocycles. The Labute approximate surface area is 179 Å². The molecular formula is C23H24ClFN2OS. The smallest absolute Gasteiger partial charge is 0.123 e. The molecule has 2 heterocycles. The summed E-state index contributed by atoms with van der Waals surface area (Å²) >= 11 is 7.78. The highest BCUT2D eigenvalue weighted by molar-refractivity contribution is 7.09. The Balaban J connectivity index is 1.45. The fourth-order valence-electron chi connectivity index (χ4n) is 4.18. The molecule has 3 nitrogen and oxygen atoms in total. The molecule has 1 aromatic heterocycles. The lowest BCUT2D eigenvalue weighted by Crippen LogP contribution is -2.46. The predicted octanol–water partition coefficient (Wildman–Crippen LogP) is 5.42. The van der Waals surface area contributed by atoms with Gasteiger partial charge in [-0.2, -0.15) is 0 Å². The summed E-state index contributed by atoms with van der Waals surface area (Å²) in [6.45, 7) is 2.77. The standard InChI is InChI=1S/C23H24ClFN2OS/c24-19-4-1-3-17(11-19)12-23(16-28)9-2-10-27(15-23)13-22-26-21(14-29-22)18-5-7-20(25)8-6-18/h1,3-8,11,14,28H,2,9-10,12-13,15-16H2/t23-/m1/s1. The summed E-state index contributed by atoms with van der Waals surface area (Å²) in [4.78, 5) is 7.13. The first-order valence-corrected chi connectivity index (χ1v) is 11.1. The maximum Gasteiger partial charge on any atom is 0.123 e. The summed E-state index contributed by atoms with van der Waals surface area (Å²) in [5.74, 6) is -0.238. The van der Waals surface area contributed by atoms with Gasteiger partial charge in [-0.05, 0) is 67.8 Å². The third-order valence-corrected chi connectivity index (χ3v) is 6.66. The first-order chi connectivity index (χ1) is 14.0. The fourth-order valence-corrected chi connectivity index (χ4v) is 5.24. The molecule has 0 radical (unpaired) electrons. The van der Waals surface area contributed by atoms with Crippen LogP contribution in [0.5, 0.6) is 0 Å². The average molecular weight is 431 g/mol. The van der Waals surface area contributed by atoms with Gasteiger partial charge >= 0.3 is 0 Å². The Kier molecular flexibility index (Phi) is 6.30. The Morgan fingerprint density at radius 2 is 2.03 bits per heavy atom. The van der Waals surface area contributed by atoms with E-state index in [2.05, 4.69) is 11.0 Å². The molecular weight excluding hydrogens is 407 g/mol. The van der Waals surface area contributed by atoms with Gasteiger partial charge in [0.1, 0.15) is 10.8 Å². The van der Waals surface area contributed by atoms with Crippen molar-refractivity contribution in [1.82, 2.24) is 9.88 Å². The van der Waals surface area contributed by atoms with Crippen molar-refractivity contribution in [3.63, 3.8) is 0 Å². The molecule has 3 aromatic rings. The van der Waals surface area contributed by atoms with Gasteiger partial charge in [-0.15, -0.1) is 11.3 Å². The molecule has 152 valence electrons. The summed E-state index contributed by atoms with van der Waals surface area (Å²) in [6, 6.07) is 14.4. The predicted molar refractivity (Wildman–Crippen MR) is 117 cm³/mol. The number of aliphatic hydroxyl groups is 1. The summed E-state index contributed by atoms with van der Waals surface area (Å²) in [6.07, 6.45) is 2.88. The molecule has 1 fully saturated rings. The van der Waals surface area contributed by atoms with E-state index in [0.29, 0.717) is 0 Å². The van der Waals surface area contributed by atoms with Crippen molar-refractivity contribution in [2.45, 2.75) is 25.8 Å². The third-order valence-electron chi connectivity index (χ3n) is 5.59. The number of piperidine rings is 1. The topological polar surface area (TPSA) is 36.4 Å². The summed E-state index contributed by atoms with van der Waals surface area (Å²) in [7, 11) is 0. The van der Waals surface area contributed by atoms with Crippen LogP contribution < -0.4 is 0 Å². The SMILES string of the molecule is OC[C@@]1(Cc2cccc(Cl)c2)CCCN(Cc2nc(-c3ccc(F)cc3)cs2)C1. The number of nitrogens with zero attached hydrogens (tertiary/aromatic N) is 2. The third kappa shape index (κ3) is 5.04. The van der Waals surface area contributed by atoms with E-state index in [9.17, 15) is 9.50 Å². The van der Waals surface area contributed by atoms with E-state index < -0.39 is 0 Å². The highest BCUT2D eigenvalue weighted by atomic mass is 35.5. The van der Waals surface area contributed by atoms with Gasteiger partial charge < -0.3 is 5.11 Å². The first-order valence-electron chi connectivity index (χ1n) is 9.83. The molecule has 1 saturated heterocycles. The van der Waals surface area contributed by atoms with E-state index in [4.69, 9.17) is 16.6 Å². The van der Waals surface area contributed by atoms with Crippen molar-refractivity contribution < 1.29 is 9.50 Å². The van der Waals surface area contributed by atoms with Crippen LogP contribution in [0.15, 0.2) is 53.9 Å². The summed E-state index contributed by atoms with van der Waals surface area (Å²) in [5.41, 5.74) is 2.83. The van der Waals surface area contributed by atoms with Crippen LogP contribution in [0.4, 0.5) is 4.39 Å². The van der Waals surface area contributed by atoms with E-state index in [-0.39, 0.29) is 17.8 Å². The normalized spacial score (nSPS) is 20.1. The number of thiazole rings is 1. The van der Waals surface area contributed by atoms with Gasteiger partial charge in [0, 0.05) is 27.9 Å². The molecule has 0 saturated carbocycles. The maximum atomic E-state index is 13.1. The molecule has 0 amide bonds. The van der Waals surface area contributed by atoms with Crippen LogP contribution in [0.2, 0.25) is 5.02 Å². The minimum atomic E-state index is -0.238. The van der Waals surface area contributed by atoms with Crippen LogP contribution in [0, 0.1) is 11.2 Å². The lowest BCUT2D eigenvalue weighted by atomic mass is 9.76. The summed E-state index contributed by atoms with van der Waals surface area (Å²) in [5, 5.41) is 14.0. The molecule has 6 heteroatoms. The van der Waals surface area contributed by atoms with Crippen LogP contribution in [0.3, 0.4) is 0 Å². The van der Waals surface area contributed by atoms with Gasteiger partial charge in [-0.1, -0.05) is 23.7 Å². The number of hydrogen-bond donors (Lipinski definition) is 1. The molecule has 2 aromatic carbocycles. The minimum absolute atomic E-state index is 0.153. The molecule has 1 N–H and O–H groups in total. The zero-order valence-corrected chi connectivity index (χ0v) is 17.7. The first kappa shape index (κ1) is 20.5. The van der Waals surface area contributed by atoms with Crippen LogP contribution in [-0.2, 0) is 13.0 Å². The lowest BCUT2D eigenvalue weighted by molar-refractivity contribution is 0.0288. The van der Waals surface area contributed by atoms with Crippen molar-refractivity contribution in [2.24, 2.45) is 5.41 Å². The van der Waals surface area contributed by atoms with Crippen molar-refractivity contribution in [3.8, 4) is 11.3 Å².